The van der Waals surface area contributed by atoms with Gasteiger partial charge in [-0.1, -0.05) is 24.8 Å². The van der Waals surface area contributed by atoms with Gasteiger partial charge in [-0.05, 0) is 18.2 Å². The number of amides is 1. The van der Waals surface area contributed by atoms with Crippen LogP contribution in [0.3, 0.4) is 0 Å². The van der Waals surface area contributed by atoms with E-state index in [-0.39, 0.29) is 5.56 Å². The van der Waals surface area contributed by atoms with Crippen LogP contribution < -0.4 is 0 Å². The molecule has 3 rings (SSSR count). The first kappa shape index (κ1) is 17.5. The molecule has 7 heteroatoms. The van der Waals surface area contributed by atoms with Crippen LogP contribution in [0.4, 0.5) is 8.78 Å². The van der Waals surface area contributed by atoms with Crippen LogP contribution in [0.15, 0.2) is 49.0 Å². The van der Waals surface area contributed by atoms with Crippen molar-refractivity contribution in [1.29, 1.82) is 0 Å². The number of Topliss-reactive ketones (excluding diaryl/α,β-unsaturated/α-hetero) is 1. The van der Waals surface area contributed by atoms with Crippen LogP contribution in [0.5, 0.6) is 0 Å². The summed E-state index contributed by atoms with van der Waals surface area (Å²) in [7, 11) is 0. The summed E-state index contributed by atoms with van der Waals surface area (Å²) in [5.41, 5.74) is 1.02. The molecule has 0 N–H and O–H groups in total. The molecule has 0 atom stereocenters. The van der Waals surface area contributed by atoms with Gasteiger partial charge in [0.15, 0.2) is 6.61 Å². The van der Waals surface area contributed by atoms with Crippen molar-refractivity contribution in [2.24, 2.45) is 0 Å². The zero-order valence-electron chi connectivity index (χ0n) is 13.5. The van der Waals surface area contributed by atoms with Crippen molar-refractivity contribution in [2.45, 2.75) is 0 Å². The largest absolute Gasteiger partial charge is 0.456 e. The molecule has 0 fully saturated rings. The van der Waals surface area contributed by atoms with E-state index in [0.717, 1.165) is 17.0 Å². The summed E-state index contributed by atoms with van der Waals surface area (Å²) in [5, 5.41) is 0. The normalized spacial score (nSPS) is 12.9. The minimum Gasteiger partial charge on any atom is -0.456 e. The number of carbonyl (C=O) groups is 3. The van der Waals surface area contributed by atoms with E-state index in [4.69, 9.17) is 4.74 Å². The minimum atomic E-state index is -1.04. The maximum absolute atomic E-state index is 13.5. The van der Waals surface area contributed by atoms with E-state index in [0.29, 0.717) is 22.9 Å². The maximum atomic E-state index is 13.5. The van der Waals surface area contributed by atoms with Gasteiger partial charge in [0.05, 0.1) is 5.56 Å². The van der Waals surface area contributed by atoms with E-state index >= 15 is 0 Å². The quantitative estimate of drug-likeness (QED) is 0.610. The van der Waals surface area contributed by atoms with Gasteiger partial charge in [0, 0.05) is 22.9 Å². The minimum absolute atomic E-state index is 0.360. The lowest BCUT2D eigenvalue weighted by atomic mass is 10.1. The van der Waals surface area contributed by atoms with Gasteiger partial charge in [0.2, 0.25) is 5.78 Å². The molecule has 1 amide bonds. The Morgan fingerprint density at radius 3 is 2.42 bits per heavy atom. The second-order valence-corrected chi connectivity index (χ2v) is 5.59. The number of nitrogens with zero attached hydrogens (tertiary/aromatic N) is 1. The SMILES string of the molecule is C=C1c2ccccc2C(=O)N1CC(=O)OCC(=O)c1ccc(F)cc1F. The molecule has 2 aromatic carbocycles. The number of benzene rings is 2. The molecule has 0 saturated carbocycles. The molecule has 1 aliphatic rings. The Kier molecular flexibility index (Phi) is 4.62. The van der Waals surface area contributed by atoms with E-state index < -0.39 is 42.4 Å². The Hall–Kier alpha value is -3.35. The Morgan fingerprint density at radius 2 is 1.77 bits per heavy atom. The lowest BCUT2D eigenvalue weighted by Crippen LogP contribution is -2.31. The number of esters is 1. The van der Waals surface area contributed by atoms with Gasteiger partial charge < -0.3 is 4.74 Å². The molecule has 1 heterocycles. The topological polar surface area (TPSA) is 63.7 Å². The Morgan fingerprint density at radius 1 is 1.08 bits per heavy atom. The van der Waals surface area contributed by atoms with E-state index in [1.54, 1.807) is 24.3 Å². The van der Waals surface area contributed by atoms with Gasteiger partial charge in [-0.2, -0.15) is 0 Å². The molecule has 5 nitrogen and oxygen atoms in total. The molecule has 0 saturated heterocycles. The van der Waals surface area contributed by atoms with E-state index in [1.165, 1.54) is 0 Å². The molecule has 0 aliphatic carbocycles. The highest BCUT2D eigenvalue weighted by Crippen LogP contribution is 2.30. The van der Waals surface area contributed by atoms with Crippen LogP contribution in [-0.2, 0) is 9.53 Å². The van der Waals surface area contributed by atoms with Crippen LogP contribution in [-0.4, -0.2) is 35.7 Å². The zero-order valence-corrected chi connectivity index (χ0v) is 13.5. The number of halogens is 2. The van der Waals surface area contributed by atoms with Gasteiger partial charge in [-0.25, -0.2) is 8.78 Å². The van der Waals surface area contributed by atoms with Crippen molar-refractivity contribution >= 4 is 23.4 Å². The standard InChI is InChI=1S/C19H13F2NO4/c1-11-13-4-2-3-5-14(13)19(25)22(11)9-18(24)26-10-17(23)15-7-6-12(20)8-16(15)21/h2-8H,1,9-10H2. The first-order chi connectivity index (χ1) is 12.4. The van der Waals surface area contributed by atoms with E-state index in [2.05, 4.69) is 6.58 Å². The monoisotopic (exact) mass is 357 g/mol. The number of ether oxygens (including phenoxy) is 1. The fourth-order valence-electron chi connectivity index (χ4n) is 2.62. The summed E-state index contributed by atoms with van der Waals surface area (Å²) >= 11 is 0. The predicted molar refractivity (Wildman–Crippen MR) is 88.2 cm³/mol. The fraction of sp³-hybridized carbons (Fsp3) is 0.105. The molecule has 0 spiro atoms. The van der Waals surface area contributed by atoms with Gasteiger partial charge in [-0.3, -0.25) is 19.3 Å². The highest BCUT2D eigenvalue weighted by atomic mass is 19.1. The summed E-state index contributed by atoms with van der Waals surface area (Å²) in [6.07, 6.45) is 0. The van der Waals surface area contributed by atoms with Crippen LogP contribution in [0.25, 0.3) is 5.70 Å². The maximum Gasteiger partial charge on any atom is 0.326 e. The molecule has 0 unspecified atom stereocenters. The van der Waals surface area contributed by atoms with Gasteiger partial charge >= 0.3 is 5.97 Å². The third-order valence-electron chi connectivity index (χ3n) is 3.92. The summed E-state index contributed by atoms with van der Waals surface area (Å²) < 4.78 is 31.2. The molecule has 0 radical (unpaired) electrons. The molecular formula is C19H13F2NO4. The van der Waals surface area contributed by atoms with Gasteiger partial charge in [0.25, 0.3) is 5.91 Å². The third kappa shape index (κ3) is 3.23. The Labute approximate surface area is 147 Å². The summed E-state index contributed by atoms with van der Waals surface area (Å²) in [6.45, 7) is 2.64. The first-order valence-electron chi connectivity index (χ1n) is 7.62. The molecule has 1 aliphatic heterocycles. The number of hydrogen-bond acceptors (Lipinski definition) is 4. The van der Waals surface area contributed by atoms with Crippen molar-refractivity contribution in [3.8, 4) is 0 Å². The molecule has 2 aromatic rings. The lowest BCUT2D eigenvalue weighted by molar-refractivity contribution is -0.142. The lowest BCUT2D eigenvalue weighted by Gasteiger charge is -2.16. The molecule has 132 valence electrons. The van der Waals surface area contributed by atoms with Crippen LogP contribution in [0.2, 0.25) is 0 Å². The molecule has 0 aromatic heterocycles. The second kappa shape index (κ2) is 6.87. The van der Waals surface area contributed by atoms with E-state index in [9.17, 15) is 23.2 Å². The molecule has 0 bridgehead atoms. The van der Waals surface area contributed by atoms with Crippen molar-refractivity contribution in [2.75, 3.05) is 13.2 Å². The van der Waals surface area contributed by atoms with Crippen LogP contribution in [0, 0.1) is 11.6 Å². The third-order valence-corrected chi connectivity index (χ3v) is 3.92. The molecule has 26 heavy (non-hydrogen) atoms. The van der Waals surface area contributed by atoms with Crippen molar-refractivity contribution in [1.82, 2.24) is 4.90 Å². The Bertz CT molecular complexity index is 904. The van der Waals surface area contributed by atoms with Crippen LogP contribution >= 0.6 is 0 Å². The summed E-state index contributed by atoms with van der Waals surface area (Å²) in [6, 6.07) is 9.25. The number of fused-ring (bicyclic) bond motifs is 1. The highest BCUT2D eigenvalue weighted by Gasteiger charge is 2.32. The van der Waals surface area contributed by atoms with Crippen LogP contribution in [0.1, 0.15) is 26.3 Å². The van der Waals surface area contributed by atoms with E-state index in [1.807, 2.05) is 0 Å². The average Bonchev–Trinajstić information content (AvgIpc) is 2.85. The number of hydrogen-bond donors (Lipinski definition) is 0. The average molecular weight is 357 g/mol. The number of rotatable bonds is 5. The van der Waals surface area contributed by atoms with Gasteiger partial charge in [-0.15, -0.1) is 0 Å². The zero-order chi connectivity index (χ0) is 18.8. The van der Waals surface area contributed by atoms with Crippen molar-refractivity contribution < 1.29 is 27.9 Å². The highest BCUT2D eigenvalue weighted by molar-refractivity contribution is 6.10. The first-order valence-corrected chi connectivity index (χ1v) is 7.62. The summed E-state index contributed by atoms with van der Waals surface area (Å²) in [4.78, 5) is 37.3. The Balaban J connectivity index is 1.61. The fourth-order valence-corrected chi connectivity index (χ4v) is 2.62. The van der Waals surface area contributed by atoms with Crippen molar-refractivity contribution in [3.63, 3.8) is 0 Å². The van der Waals surface area contributed by atoms with Gasteiger partial charge in [0.1, 0.15) is 18.2 Å². The predicted octanol–water partition coefficient (Wildman–Crippen LogP) is 2.82. The van der Waals surface area contributed by atoms with Crippen molar-refractivity contribution in [3.05, 3.63) is 77.4 Å². The number of ketones is 1. The number of carbonyl (C=O) groups excluding carboxylic acids is 3. The molecular weight excluding hydrogens is 344 g/mol. The summed E-state index contributed by atoms with van der Waals surface area (Å²) in [5.74, 6) is -3.90. The second-order valence-electron chi connectivity index (χ2n) is 5.59. The smallest absolute Gasteiger partial charge is 0.326 e.